The predicted molar refractivity (Wildman–Crippen MR) is 39.1 cm³/mol. The first-order chi connectivity index (χ1) is 5.45. The lowest BCUT2D eigenvalue weighted by atomic mass is 10.5. The van der Waals surface area contributed by atoms with E-state index in [-0.39, 0.29) is 0 Å². The minimum Gasteiger partial charge on any atom is -0.476 e. The van der Waals surface area contributed by atoms with E-state index in [4.69, 9.17) is 4.74 Å². The molecule has 0 unspecified atom stereocenters. The fraction of sp³-hybridized carbons (Fsp3) is 0.500. The van der Waals surface area contributed by atoms with Crippen molar-refractivity contribution >= 4 is 0 Å². The molecule has 2 rings (SSSR count). The molecule has 3 heteroatoms. The summed E-state index contributed by atoms with van der Waals surface area (Å²) < 4.78 is 5.30. The Morgan fingerprint density at radius 3 is 3.09 bits per heavy atom. The molecule has 0 bridgehead atoms. The molecule has 1 radical (unpaired) electrons. The highest BCUT2D eigenvalue weighted by Gasteiger charge is 2.21. The molecule has 0 atom stereocenters. The average molecular weight is 149 g/mol. The second-order valence-corrected chi connectivity index (χ2v) is 2.73. The van der Waals surface area contributed by atoms with Gasteiger partial charge in [-0.2, -0.15) is 0 Å². The van der Waals surface area contributed by atoms with Crippen LogP contribution in [-0.2, 0) is 0 Å². The normalized spacial score (nSPS) is 16.4. The Balaban J connectivity index is 1.85. The molecule has 1 aromatic heterocycles. The fourth-order valence-electron chi connectivity index (χ4n) is 0.807. The molecule has 1 fully saturated rings. The smallest absolute Gasteiger partial charge is 0.242 e. The Kier molecular flexibility index (Phi) is 1.71. The Morgan fingerprint density at radius 1 is 1.55 bits per heavy atom. The summed E-state index contributed by atoms with van der Waals surface area (Å²) in [6, 6.07) is 0. The first kappa shape index (κ1) is 6.58. The lowest BCUT2D eigenvalue weighted by Crippen LogP contribution is -2.00. The van der Waals surface area contributed by atoms with Crippen LogP contribution in [0.3, 0.4) is 0 Å². The molecule has 0 aromatic carbocycles. The van der Waals surface area contributed by atoms with Crippen LogP contribution in [0.5, 0.6) is 5.88 Å². The molecule has 0 spiro atoms. The summed E-state index contributed by atoms with van der Waals surface area (Å²) in [6.45, 7) is 0.773. The van der Waals surface area contributed by atoms with Crippen LogP contribution in [-0.4, -0.2) is 16.6 Å². The van der Waals surface area contributed by atoms with E-state index in [1.807, 2.05) is 0 Å². The van der Waals surface area contributed by atoms with Crippen molar-refractivity contribution in [3.63, 3.8) is 0 Å². The van der Waals surface area contributed by atoms with Gasteiger partial charge in [0.2, 0.25) is 5.88 Å². The van der Waals surface area contributed by atoms with Gasteiger partial charge < -0.3 is 4.74 Å². The van der Waals surface area contributed by atoms with E-state index < -0.39 is 0 Å². The van der Waals surface area contributed by atoms with Gasteiger partial charge in [0, 0.05) is 12.4 Å². The summed E-state index contributed by atoms with van der Waals surface area (Å²) in [4.78, 5) is 7.71. The molecule has 0 saturated heterocycles. The van der Waals surface area contributed by atoms with Crippen molar-refractivity contribution in [1.29, 1.82) is 0 Å². The van der Waals surface area contributed by atoms with Crippen LogP contribution in [0.1, 0.15) is 12.8 Å². The summed E-state index contributed by atoms with van der Waals surface area (Å²) in [5.74, 6) is 1.27. The van der Waals surface area contributed by atoms with Gasteiger partial charge in [-0.05, 0) is 18.8 Å². The highest BCUT2D eigenvalue weighted by molar-refractivity contribution is 4.99. The van der Waals surface area contributed by atoms with E-state index >= 15 is 0 Å². The van der Waals surface area contributed by atoms with E-state index in [2.05, 4.69) is 16.2 Å². The highest BCUT2D eigenvalue weighted by Crippen LogP contribution is 2.28. The second kappa shape index (κ2) is 2.86. The van der Waals surface area contributed by atoms with Gasteiger partial charge in [-0.25, -0.2) is 9.97 Å². The molecule has 1 saturated carbocycles. The summed E-state index contributed by atoms with van der Waals surface area (Å²) >= 11 is 0. The van der Waals surface area contributed by atoms with Crippen LogP contribution in [0.25, 0.3) is 0 Å². The topological polar surface area (TPSA) is 35.0 Å². The second-order valence-electron chi connectivity index (χ2n) is 2.73. The third-order valence-corrected chi connectivity index (χ3v) is 1.65. The average Bonchev–Trinajstić information content (AvgIpc) is 2.86. The van der Waals surface area contributed by atoms with E-state index in [0.29, 0.717) is 5.88 Å². The molecule has 1 heterocycles. The van der Waals surface area contributed by atoms with Crippen LogP contribution < -0.4 is 4.74 Å². The van der Waals surface area contributed by atoms with Gasteiger partial charge in [-0.3, -0.25) is 0 Å². The van der Waals surface area contributed by atoms with Crippen molar-refractivity contribution in [1.82, 2.24) is 9.97 Å². The zero-order valence-electron chi connectivity index (χ0n) is 6.16. The van der Waals surface area contributed by atoms with Crippen molar-refractivity contribution in [2.75, 3.05) is 6.61 Å². The summed E-state index contributed by atoms with van der Waals surface area (Å²) in [5.41, 5.74) is 0. The van der Waals surface area contributed by atoms with Crippen LogP contribution in [0.2, 0.25) is 0 Å². The van der Waals surface area contributed by atoms with Crippen molar-refractivity contribution in [3.8, 4) is 5.88 Å². The quantitative estimate of drug-likeness (QED) is 0.644. The van der Waals surface area contributed by atoms with E-state index in [9.17, 15) is 0 Å². The molecule has 11 heavy (non-hydrogen) atoms. The number of hydrogen-bond donors (Lipinski definition) is 0. The van der Waals surface area contributed by atoms with Crippen LogP contribution in [0.4, 0.5) is 0 Å². The maximum absolute atomic E-state index is 5.30. The summed E-state index contributed by atoms with van der Waals surface area (Å²) in [6.07, 6.45) is 8.45. The molecule has 0 aliphatic heterocycles. The zero-order chi connectivity index (χ0) is 7.52. The van der Waals surface area contributed by atoms with Gasteiger partial charge >= 0.3 is 0 Å². The maximum Gasteiger partial charge on any atom is 0.242 e. The SMILES string of the molecule is [c]1nccnc1OCC1CC1. The first-order valence-electron chi connectivity index (χ1n) is 3.76. The third-order valence-electron chi connectivity index (χ3n) is 1.65. The van der Waals surface area contributed by atoms with Crippen molar-refractivity contribution in [2.45, 2.75) is 12.8 Å². The number of rotatable bonds is 3. The Bertz CT molecular complexity index is 221. The van der Waals surface area contributed by atoms with Gasteiger partial charge in [0.05, 0.1) is 6.61 Å². The monoisotopic (exact) mass is 149 g/mol. The first-order valence-corrected chi connectivity index (χ1v) is 3.76. The zero-order valence-corrected chi connectivity index (χ0v) is 6.16. The van der Waals surface area contributed by atoms with E-state index in [0.717, 1.165) is 12.5 Å². The minimum atomic E-state index is 0.513. The number of nitrogens with zero attached hydrogens (tertiary/aromatic N) is 2. The highest BCUT2D eigenvalue weighted by atomic mass is 16.5. The van der Waals surface area contributed by atoms with Crippen molar-refractivity contribution in [2.24, 2.45) is 5.92 Å². The van der Waals surface area contributed by atoms with Gasteiger partial charge in [0.25, 0.3) is 0 Å². The van der Waals surface area contributed by atoms with E-state index in [1.165, 1.54) is 12.8 Å². The van der Waals surface area contributed by atoms with Crippen LogP contribution in [0, 0.1) is 12.1 Å². The minimum absolute atomic E-state index is 0.513. The molecule has 3 nitrogen and oxygen atoms in total. The molecular formula is C8H9N2O. The number of ether oxygens (including phenoxy) is 1. The van der Waals surface area contributed by atoms with E-state index in [1.54, 1.807) is 12.4 Å². The lowest BCUT2D eigenvalue weighted by Gasteiger charge is -2.00. The predicted octanol–water partition coefficient (Wildman–Crippen LogP) is 1.07. The molecule has 1 aliphatic rings. The summed E-state index contributed by atoms with van der Waals surface area (Å²) in [7, 11) is 0. The number of hydrogen-bond acceptors (Lipinski definition) is 3. The molecule has 0 N–H and O–H groups in total. The maximum atomic E-state index is 5.30. The molecule has 57 valence electrons. The van der Waals surface area contributed by atoms with Gasteiger partial charge in [-0.15, -0.1) is 0 Å². The third kappa shape index (κ3) is 1.90. The Hall–Kier alpha value is -1.12. The van der Waals surface area contributed by atoms with Crippen molar-refractivity contribution in [3.05, 3.63) is 18.6 Å². The largest absolute Gasteiger partial charge is 0.476 e. The van der Waals surface area contributed by atoms with Crippen molar-refractivity contribution < 1.29 is 4.74 Å². The van der Waals surface area contributed by atoms with Gasteiger partial charge in [0.1, 0.15) is 0 Å². The molecule has 1 aliphatic carbocycles. The lowest BCUT2D eigenvalue weighted by molar-refractivity contribution is 0.286. The summed E-state index contributed by atoms with van der Waals surface area (Å²) in [5, 5.41) is 0. The van der Waals surface area contributed by atoms with Crippen LogP contribution in [0.15, 0.2) is 12.4 Å². The van der Waals surface area contributed by atoms with Gasteiger partial charge in [0.15, 0.2) is 6.20 Å². The Labute approximate surface area is 65.4 Å². The number of aromatic nitrogens is 2. The fourth-order valence-corrected chi connectivity index (χ4v) is 0.807. The molecular weight excluding hydrogens is 140 g/mol. The molecule has 0 amide bonds. The van der Waals surface area contributed by atoms with Gasteiger partial charge in [-0.1, -0.05) is 0 Å². The van der Waals surface area contributed by atoms with Crippen LogP contribution >= 0.6 is 0 Å². The standard InChI is InChI=1S/C8H9N2O/c1-2-7(1)6-11-8-5-9-3-4-10-8/h3-4,7H,1-2,6H2. The molecule has 1 aromatic rings. The Morgan fingerprint density at radius 2 is 2.45 bits per heavy atom.